The van der Waals surface area contributed by atoms with Crippen molar-refractivity contribution >= 4 is 23.6 Å². The Labute approximate surface area is 238 Å². The van der Waals surface area contributed by atoms with Crippen molar-refractivity contribution in [2.45, 2.75) is 84.9 Å². The summed E-state index contributed by atoms with van der Waals surface area (Å²) in [5, 5.41) is 15.6. The van der Waals surface area contributed by atoms with Gasteiger partial charge in [0.1, 0.15) is 29.2 Å². The summed E-state index contributed by atoms with van der Waals surface area (Å²) >= 11 is 0. The fourth-order valence-electron chi connectivity index (χ4n) is 4.21. The molecular weight excluding hydrogens is 510 g/mol. The van der Waals surface area contributed by atoms with Crippen LogP contribution < -0.4 is 15.4 Å². The molecule has 0 aliphatic rings. The van der Waals surface area contributed by atoms with Crippen LogP contribution in [-0.4, -0.2) is 53.2 Å². The Hall–Kier alpha value is -3.75. The van der Waals surface area contributed by atoms with Crippen LogP contribution in [0.25, 0.3) is 0 Å². The highest BCUT2D eigenvalue weighted by Crippen LogP contribution is 2.28. The fraction of sp³-hybridized carbons (Fsp3) is 0.516. The maximum atomic E-state index is 14.3. The number of aromatic hydroxyl groups is 1. The maximum absolute atomic E-state index is 14.3. The summed E-state index contributed by atoms with van der Waals surface area (Å²) in [5.41, 5.74) is 0.343. The van der Waals surface area contributed by atoms with Crippen molar-refractivity contribution in [2.75, 3.05) is 19.0 Å². The normalized spacial score (nSPS) is 13.5. The standard InChI is InChI=1S/C31H45N3O6/c1-8-10-11-20-34(29(37)26(21(3)9-2)33-30(38)40-31(4,5)6)27(22-12-16-24(35)17-13-22)28(36)32-23-14-18-25(39-7)19-15-23/h12-19,21,26-27,35H,8-11,20H2,1-7H3,(H,32,36)(H,33,38). The van der Waals surface area contributed by atoms with Gasteiger partial charge in [0.15, 0.2) is 0 Å². The predicted octanol–water partition coefficient (Wildman–Crippen LogP) is 6.04. The van der Waals surface area contributed by atoms with Gasteiger partial charge in [0.2, 0.25) is 5.91 Å². The number of methoxy groups -OCH3 is 1. The van der Waals surface area contributed by atoms with Crippen LogP contribution in [0.4, 0.5) is 10.5 Å². The van der Waals surface area contributed by atoms with Gasteiger partial charge in [-0.3, -0.25) is 9.59 Å². The number of phenols is 1. The van der Waals surface area contributed by atoms with Gasteiger partial charge in [-0.05, 0) is 75.1 Å². The zero-order chi connectivity index (χ0) is 29.9. The SMILES string of the molecule is CCCCCN(C(=O)C(NC(=O)OC(C)(C)C)C(C)CC)C(C(=O)Nc1ccc(OC)cc1)c1ccc(O)cc1. The van der Waals surface area contributed by atoms with Gasteiger partial charge in [-0.2, -0.15) is 0 Å². The van der Waals surface area contributed by atoms with Gasteiger partial charge in [0, 0.05) is 12.2 Å². The lowest BCUT2D eigenvalue weighted by Crippen LogP contribution is -2.55. The molecule has 2 aromatic rings. The molecule has 2 aromatic carbocycles. The van der Waals surface area contributed by atoms with Crippen LogP contribution in [0, 0.1) is 5.92 Å². The lowest BCUT2D eigenvalue weighted by Gasteiger charge is -2.36. The molecular formula is C31H45N3O6. The molecule has 0 saturated heterocycles. The highest BCUT2D eigenvalue weighted by atomic mass is 16.6. The Bertz CT molecular complexity index is 1100. The van der Waals surface area contributed by atoms with Gasteiger partial charge >= 0.3 is 6.09 Å². The number of hydrogen-bond acceptors (Lipinski definition) is 6. The van der Waals surface area contributed by atoms with Gasteiger partial charge < -0.3 is 30.1 Å². The van der Waals surface area contributed by atoms with E-state index in [0.29, 0.717) is 36.4 Å². The number of nitrogens with zero attached hydrogens (tertiary/aromatic N) is 1. The van der Waals surface area contributed by atoms with Crippen molar-refractivity contribution in [3.63, 3.8) is 0 Å². The maximum Gasteiger partial charge on any atom is 0.408 e. The molecule has 0 heterocycles. The largest absolute Gasteiger partial charge is 0.508 e. The molecule has 0 radical (unpaired) electrons. The Balaban J connectivity index is 2.53. The molecule has 0 spiro atoms. The number of alkyl carbamates (subject to hydrolysis) is 1. The van der Waals surface area contributed by atoms with Crippen molar-refractivity contribution < 1.29 is 29.0 Å². The lowest BCUT2D eigenvalue weighted by atomic mass is 9.95. The van der Waals surface area contributed by atoms with Crippen molar-refractivity contribution in [1.82, 2.24) is 10.2 Å². The number of anilines is 1. The number of rotatable bonds is 13. The first-order valence-corrected chi connectivity index (χ1v) is 13.9. The third-order valence-corrected chi connectivity index (χ3v) is 6.56. The Kier molecular flexibility index (Phi) is 12.3. The van der Waals surface area contributed by atoms with E-state index in [1.807, 2.05) is 13.8 Å². The number of benzene rings is 2. The van der Waals surface area contributed by atoms with Gasteiger partial charge in [0.05, 0.1) is 7.11 Å². The van der Waals surface area contributed by atoms with Crippen molar-refractivity contribution in [3.8, 4) is 11.5 Å². The molecule has 2 rings (SSSR count). The zero-order valence-corrected chi connectivity index (χ0v) is 24.8. The number of ether oxygens (including phenoxy) is 2. The van der Waals surface area contributed by atoms with E-state index in [1.165, 1.54) is 17.0 Å². The van der Waals surface area contributed by atoms with Crippen LogP contribution in [0.5, 0.6) is 11.5 Å². The topological polar surface area (TPSA) is 117 Å². The molecule has 9 nitrogen and oxygen atoms in total. The first-order valence-electron chi connectivity index (χ1n) is 13.9. The van der Waals surface area contributed by atoms with E-state index in [1.54, 1.807) is 64.3 Å². The second-order valence-electron chi connectivity index (χ2n) is 11.0. The minimum Gasteiger partial charge on any atom is -0.508 e. The second kappa shape index (κ2) is 15.1. The average Bonchev–Trinajstić information content (AvgIpc) is 2.90. The van der Waals surface area contributed by atoms with E-state index >= 15 is 0 Å². The molecule has 40 heavy (non-hydrogen) atoms. The first-order chi connectivity index (χ1) is 18.9. The smallest absolute Gasteiger partial charge is 0.408 e. The fourth-order valence-corrected chi connectivity index (χ4v) is 4.21. The Morgan fingerprint density at radius 2 is 1.60 bits per heavy atom. The van der Waals surface area contributed by atoms with Crippen LogP contribution >= 0.6 is 0 Å². The van der Waals surface area contributed by atoms with Crippen LogP contribution in [0.2, 0.25) is 0 Å². The monoisotopic (exact) mass is 555 g/mol. The molecule has 3 amide bonds. The molecule has 9 heteroatoms. The Morgan fingerprint density at radius 1 is 0.975 bits per heavy atom. The molecule has 0 aliphatic heterocycles. The summed E-state index contributed by atoms with van der Waals surface area (Å²) in [6.45, 7) is 11.5. The molecule has 3 N–H and O–H groups in total. The third kappa shape index (κ3) is 9.77. The van der Waals surface area contributed by atoms with Gasteiger partial charge in [-0.1, -0.05) is 52.2 Å². The molecule has 220 valence electrons. The number of phenolic OH excluding ortho intramolecular Hbond substituents is 1. The van der Waals surface area contributed by atoms with E-state index in [-0.39, 0.29) is 17.6 Å². The van der Waals surface area contributed by atoms with Gasteiger partial charge in [-0.15, -0.1) is 0 Å². The third-order valence-electron chi connectivity index (χ3n) is 6.56. The number of unbranched alkanes of at least 4 members (excludes halogenated alkanes) is 2. The van der Waals surface area contributed by atoms with E-state index in [2.05, 4.69) is 17.6 Å². The van der Waals surface area contributed by atoms with E-state index in [4.69, 9.17) is 9.47 Å². The van der Waals surface area contributed by atoms with Crippen LogP contribution in [0.3, 0.4) is 0 Å². The number of amides is 3. The minimum atomic E-state index is -1.01. The summed E-state index contributed by atoms with van der Waals surface area (Å²) < 4.78 is 10.7. The van der Waals surface area contributed by atoms with E-state index < -0.39 is 29.7 Å². The minimum absolute atomic E-state index is 0.0472. The second-order valence-corrected chi connectivity index (χ2v) is 11.0. The van der Waals surface area contributed by atoms with Crippen LogP contribution in [0.1, 0.15) is 78.8 Å². The van der Waals surface area contributed by atoms with E-state index in [9.17, 15) is 19.5 Å². The Morgan fingerprint density at radius 3 is 2.12 bits per heavy atom. The number of hydrogen-bond donors (Lipinski definition) is 3. The first kappa shape index (κ1) is 32.5. The van der Waals surface area contributed by atoms with Crippen molar-refractivity contribution in [3.05, 3.63) is 54.1 Å². The van der Waals surface area contributed by atoms with Gasteiger partial charge in [0.25, 0.3) is 5.91 Å². The highest BCUT2D eigenvalue weighted by molar-refractivity contribution is 5.99. The molecule has 0 aromatic heterocycles. The predicted molar refractivity (Wildman–Crippen MR) is 156 cm³/mol. The van der Waals surface area contributed by atoms with Crippen LogP contribution in [0.15, 0.2) is 48.5 Å². The summed E-state index contributed by atoms with van der Waals surface area (Å²) in [6, 6.07) is 11.2. The summed E-state index contributed by atoms with van der Waals surface area (Å²) in [6.07, 6.45) is 2.39. The molecule has 0 aliphatic carbocycles. The number of nitrogens with one attached hydrogen (secondary N) is 2. The molecule has 0 bridgehead atoms. The quantitative estimate of drug-likeness (QED) is 0.260. The highest BCUT2D eigenvalue weighted by Gasteiger charge is 2.38. The number of carbonyl (C=O) groups excluding carboxylic acids is 3. The molecule has 0 fully saturated rings. The summed E-state index contributed by atoms with van der Waals surface area (Å²) in [4.78, 5) is 42.5. The molecule has 0 saturated carbocycles. The van der Waals surface area contributed by atoms with Crippen molar-refractivity contribution in [2.24, 2.45) is 5.92 Å². The van der Waals surface area contributed by atoms with Crippen molar-refractivity contribution in [1.29, 1.82) is 0 Å². The lowest BCUT2D eigenvalue weighted by molar-refractivity contribution is -0.142. The summed E-state index contributed by atoms with van der Waals surface area (Å²) in [5.74, 6) is -0.320. The van der Waals surface area contributed by atoms with E-state index in [0.717, 1.165) is 12.8 Å². The van der Waals surface area contributed by atoms with Crippen LogP contribution in [-0.2, 0) is 14.3 Å². The zero-order valence-electron chi connectivity index (χ0n) is 24.8. The molecule has 3 atom stereocenters. The average molecular weight is 556 g/mol. The number of carbonyl (C=O) groups is 3. The molecule has 3 unspecified atom stereocenters. The summed E-state index contributed by atoms with van der Waals surface area (Å²) in [7, 11) is 1.56. The van der Waals surface area contributed by atoms with Gasteiger partial charge in [-0.25, -0.2) is 4.79 Å².